The minimum atomic E-state index is -0.126. The molecule has 0 saturated heterocycles. The van der Waals surface area contributed by atoms with E-state index in [1.165, 1.54) is 11.3 Å². The monoisotopic (exact) mass is 288 g/mol. The van der Waals surface area contributed by atoms with Gasteiger partial charge < -0.3 is 10.6 Å². The van der Waals surface area contributed by atoms with E-state index in [-0.39, 0.29) is 5.91 Å². The average Bonchev–Trinajstić information content (AvgIpc) is 2.84. The minimum absolute atomic E-state index is 0.126. The molecule has 1 aromatic rings. The zero-order valence-electron chi connectivity index (χ0n) is 10.9. The second-order valence-corrected chi connectivity index (χ2v) is 6.02. The van der Waals surface area contributed by atoms with Crippen LogP contribution in [0.5, 0.6) is 0 Å². The molecule has 18 heavy (non-hydrogen) atoms. The first kappa shape index (κ1) is 15.2. The summed E-state index contributed by atoms with van der Waals surface area (Å²) in [6, 6.07) is 0. The molecule has 1 aromatic heterocycles. The van der Waals surface area contributed by atoms with Gasteiger partial charge in [0.2, 0.25) is 10.1 Å². The Labute approximate surface area is 116 Å². The number of hydrogen-bond acceptors (Lipinski definition) is 6. The number of aromatic nitrogens is 2. The molecule has 5 nitrogen and oxygen atoms in total. The zero-order chi connectivity index (χ0) is 13.2. The van der Waals surface area contributed by atoms with E-state index in [9.17, 15) is 4.79 Å². The van der Waals surface area contributed by atoms with E-state index >= 15 is 0 Å². The number of rotatable bonds is 9. The van der Waals surface area contributed by atoms with Crippen LogP contribution in [0.25, 0.3) is 0 Å². The first-order valence-corrected chi connectivity index (χ1v) is 8.18. The van der Waals surface area contributed by atoms with Crippen molar-refractivity contribution < 1.29 is 4.79 Å². The average molecular weight is 288 g/mol. The lowest BCUT2D eigenvalue weighted by Gasteiger charge is -2.01. The molecule has 0 aliphatic heterocycles. The highest BCUT2D eigenvalue weighted by Gasteiger charge is 2.11. The lowest BCUT2D eigenvalue weighted by Crippen LogP contribution is -2.24. The van der Waals surface area contributed by atoms with Crippen molar-refractivity contribution in [1.29, 1.82) is 0 Å². The number of anilines is 1. The molecule has 0 saturated carbocycles. The Hall–Kier alpha value is -0.820. The summed E-state index contributed by atoms with van der Waals surface area (Å²) in [5.74, 6) is 2.08. The Balaban J connectivity index is 2.26. The van der Waals surface area contributed by atoms with Crippen LogP contribution in [0.3, 0.4) is 0 Å². The Bertz CT molecular complexity index is 357. The van der Waals surface area contributed by atoms with Gasteiger partial charge in [0.1, 0.15) is 0 Å². The van der Waals surface area contributed by atoms with Gasteiger partial charge in [0, 0.05) is 13.1 Å². The number of carbonyl (C=O) groups excluding carboxylic acids is 1. The molecule has 0 radical (unpaired) electrons. The van der Waals surface area contributed by atoms with Gasteiger partial charge in [-0.3, -0.25) is 4.79 Å². The van der Waals surface area contributed by atoms with Crippen molar-refractivity contribution in [3.8, 4) is 0 Å². The Kier molecular flexibility index (Phi) is 7.75. The van der Waals surface area contributed by atoms with Crippen LogP contribution in [0.2, 0.25) is 0 Å². The highest BCUT2D eigenvalue weighted by atomic mass is 32.2. The van der Waals surface area contributed by atoms with Gasteiger partial charge in [0.05, 0.1) is 0 Å². The van der Waals surface area contributed by atoms with Crippen LogP contribution in [0.4, 0.5) is 5.13 Å². The van der Waals surface area contributed by atoms with E-state index in [0.717, 1.165) is 30.9 Å². The number of thioether (sulfide) groups is 1. The number of hydrogen-bond donors (Lipinski definition) is 2. The first-order chi connectivity index (χ1) is 8.77. The van der Waals surface area contributed by atoms with E-state index < -0.39 is 0 Å². The normalized spacial score (nSPS) is 10.3. The summed E-state index contributed by atoms with van der Waals surface area (Å²) in [6.07, 6.45) is 2.01. The third kappa shape index (κ3) is 5.68. The maximum Gasteiger partial charge on any atom is 0.282 e. The van der Waals surface area contributed by atoms with Gasteiger partial charge in [0.15, 0.2) is 0 Å². The summed E-state index contributed by atoms with van der Waals surface area (Å²) in [5, 5.41) is 14.9. The summed E-state index contributed by atoms with van der Waals surface area (Å²) < 4.78 is 0. The van der Waals surface area contributed by atoms with Gasteiger partial charge in [0.25, 0.3) is 5.91 Å². The zero-order valence-corrected chi connectivity index (χ0v) is 12.5. The fraction of sp³-hybridized carbons (Fsp3) is 0.727. The molecule has 1 rings (SSSR count). The molecular formula is C11H20N4OS2. The number of nitrogens with one attached hydrogen (secondary N) is 2. The summed E-state index contributed by atoms with van der Waals surface area (Å²) in [5.41, 5.74) is 0. The molecule has 0 aliphatic rings. The molecule has 1 heterocycles. The van der Waals surface area contributed by atoms with Crippen LogP contribution in [0.15, 0.2) is 0 Å². The molecule has 0 aliphatic carbocycles. The van der Waals surface area contributed by atoms with Crippen LogP contribution in [-0.4, -0.2) is 40.7 Å². The van der Waals surface area contributed by atoms with E-state index in [0.29, 0.717) is 16.7 Å². The predicted octanol–water partition coefficient (Wildman–Crippen LogP) is 2.23. The van der Waals surface area contributed by atoms with E-state index in [4.69, 9.17) is 0 Å². The molecular weight excluding hydrogens is 268 g/mol. The lowest BCUT2D eigenvalue weighted by molar-refractivity contribution is 0.0952. The standard InChI is InChI=1S/C11H20N4OS2/c1-3-6-13-11-15-14-10(18-11)9(16)12-7-5-8-17-4-2/h3-8H2,1-2H3,(H,12,16)(H,13,15). The highest BCUT2D eigenvalue weighted by molar-refractivity contribution is 7.99. The third-order valence-electron chi connectivity index (χ3n) is 2.10. The number of amides is 1. The van der Waals surface area contributed by atoms with Gasteiger partial charge in [-0.1, -0.05) is 25.2 Å². The maximum absolute atomic E-state index is 11.7. The molecule has 1 amide bonds. The smallest absolute Gasteiger partial charge is 0.282 e. The Morgan fingerprint density at radius 2 is 2.17 bits per heavy atom. The molecule has 0 unspecified atom stereocenters. The molecule has 0 aromatic carbocycles. The van der Waals surface area contributed by atoms with Crippen molar-refractivity contribution >= 4 is 34.1 Å². The second kappa shape index (κ2) is 9.16. The van der Waals surface area contributed by atoms with Crippen LogP contribution < -0.4 is 10.6 Å². The SMILES string of the molecule is CCCNc1nnc(C(=O)NCCCSCC)s1. The summed E-state index contributed by atoms with van der Waals surface area (Å²) in [7, 11) is 0. The van der Waals surface area contributed by atoms with Crippen LogP contribution in [-0.2, 0) is 0 Å². The van der Waals surface area contributed by atoms with E-state index in [2.05, 4.69) is 34.7 Å². The molecule has 0 atom stereocenters. The fourth-order valence-electron chi connectivity index (χ4n) is 1.21. The van der Waals surface area contributed by atoms with Crippen molar-refractivity contribution in [2.75, 3.05) is 29.9 Å². The van der Waals surface area contributed by atoms with Crippen LogP contribution in [0.1, 0.15) is 36.5 Å². The van der Waals surface area contributed by atoms with Crippen LogP contribution in [0, 0.1) is 0 Å². The molecule has 7 heteroatoms. The highest BCUT2D eigenvalue weighted by Crippen LogP contribution is 2.14. The summed E-state index contributed by atoms with van der Waals surface area (Å²) in [4.78, 5) is 11.7. The summed E-state index contributed by atoms with van der Waals surface area (Å²) >= 11 is 3.18. The number of nitrogens with zero attached hydrogens (tertiary/aromatic N) is 2. The first-order valence-electron chi connectivity index (χ1n) is 6.21. The van der Waals surface area contributed by atoms with Crippen molar-refractivity contribution in [1.82, 2.24) is 15.5 Å². The third-order valence-corrected chi connectivity index (χ3v) is 3.97. The van der Waals surface area contributed by atoms with Gasteiger partial charge in [-0.15, -0.1) is 10.2 Å². The lowest BCUT2D eigenvalue weighted by atomic mass is 10.4. The molecule has 0 spiro atoms. The van der Waals surface area contributed by atoms with Gasteiger partial charge in [-0.2, -0.15) is 11.8 Å². The minimum Gasteiger partial charge on any atom is -0.360 e. The maximum atomic E-state index is 11.7. The number of carbonyl (C=O) groups is 1. The van der Waals surface area contributed by atoms with Crippen molar-refractivity contribution in [2.45, 2.75) is 26.7 Å². The Morgan fingerprint density at radius 1 is 1.33 bits per heavy atom. The van der Waals surface area contributed by atoms with Crippen molar-refractivity contribution in [3.63, 3.8) is 0 Å². The molecule has 0 fully saturated rings. The van der Waals surface area contributed by atoms with Crippen molar-refractivity contribution in [3.05, 3.63) is 5.01 Å². The molecule has 0 bridgehead atoms. The quantitative estimate of drug-likeness (QED) is 0.682. The fourth-order valence-corrected chi connectivity index (χ4v) is 2.54. The Morgan fingerprint density at radius 3 is 2.89 bits per heavy atom. The largest absolute Gasteiger partial charge is 0.360 e. The summed E-state index contributed by atoms with van der Waals surface area (Å²) in [6.45, 7) is 5.76. The molecule has 2 N–H and O–H groups in total. The molecule has 102 valence electrons. The van der Waals surface area contributed by atoms with Gasteiger partial charge in [-0.25, -0.2) is 0 Å². The van der Waals surface area contributed by atoms with Gasteiger partial charge in [-0.05, 0) is 24.3 Å². The van der Waals surface area contributed by atoms with Crippen LogP contribution >= 0.6 is 23.1 Å². The van der Waals surface area contributed by atoms with Crippen molar-refractivity contribution in [2.24, 2.45) is 0 Å². The topological polar surface area (TPSA) is 66.9 Å². The second-order valence-electron chi connectivity index (χ2n) is 3.65. The van der Waals surface area contributed by atoms with E-state index in [1.54, 1.807) is 0 Å². The van der Waals surface area contributed by atoms with E-state index in [1.807, 2.05) is 11.8 Å². The van der Waals surface area contributed by atoms with Gasteiger partial charge >= 0.3 is 0 Å². The predicted molar refractivity (Wildman–Crippen MR) is 78.6 cm³/mol.